The van der Waals surface area contributed by atoms with Crippen molar-refractivity contribution < 1.29 is 4.74 Å². The molecule has 0 atom stereocenters. The summed E-state index contributed by atoms with van der Waals surface area (Å²) in [7, 11) is 1.70. The number of hydrogen-bond donors (Lipinski definition) is 0. The maximum Gasteiger partial charge on any atom is 0.225 e. The summed E-state index contributed by atoms with van der Waals surface area (Å²) in [4.78, 5) is 13.1. The molecule has 0 aromatic carbocycles. The van der Waals surface area contributed by atoms with Gasteiger partial charge in [0.1, 0.15) is 10.6 Å². The van der Waals surface area contributed by atoms with Crippen molar-refractivity contribution in [1.29, 1.82) is 0 Å². The number of rotatable bonds is 5. The summed E-state index contributed by atoms with van der Waals surface area (Å²) >= 11 is 7.68. The van der Waals surface area contributed by atoms with Crippen molar-refractivity contribution in [3.63, 3.8) is 0 Å². The van der Waals surface area contributed by atoms with Gasteiger partial charge in [0, 0.05) is 24.6 Å². The van der Waals surface area contributed by atoms with Crippen molar-refractivity contribution in [3.05, 3.63) is 16.2 Å². The van der Waals surface area contributed by atoms with E-state index >= 15 is 0 Å². The first-order valence-corrected chi connectivity index (χ1v) is 7.41. The fourth-order valence-electron chi connectivity index (χ4n) is 2.02. The highest BCUT2D eigenvalue weighted by atomic mass is 35.5. The van der Waals surface area contributed by atoms with Crippen LogP contribution in [-0.2, 0) is 4.74 Å². The zero-order valence-corrected chi connectivity index (χ0v) is 13.2. The Morgan fingerprint density at radius 3 is 2.79 bits per heavy atom. The Morgan fingerprint density at radius 1 is 1.42 bits per heavy atom. The van der Waals surface area contributed by atoms with E-state index in [0.29, 0.717) is 17.9 Å². The number of methoxy groups -OCH3 is 1. The first-order chi connectivity index (χ1) is 9.02. The molecule has 2 heterocycles. The summed E-state index contributed by atoms with van der Waals surface area (Å²) in [5.41, 5.74) is 0. The van der Waals surface area contributed by atoms with Gasteiger partial charge in [0.25, 0.3) is 0 Å². The monoisotopic (exact) mass is 299 g/mol. The van der Waals surface area contributed by atoms with Crippen LogP contribution in [-0.4, -0.2) is 36.3 Å². The van der Waals surface area contributed by atoms with Crippen LogP contribution in [0.1, 0.15) is 18.7 Å². The average molecular weight is 300 g/mol. The molecule has 0 N–H and O–H groups in total. The number of nitrogens with zero attached hydrogens (tertiary/aromatic N) is 3. The summed E-state index contributed by atoms with van der Waals surface area (Å²) in [5.74, 6) is 0.895. The molecule has 0 fully saturated rings. The first-order valence-electron chi connectivity index (χ1n) is 6.22. The number of ether oxygens (including phenoxy) is 1. The van der Waals surface area contributed by atoms with Crippen molar-refractivity contribution in [1.82, 2.24) is 9.97 Å². The highest BCUT2D eigenvalue weighted by molar-refractivity contribution is 7.18. The lowest BCUT2D eigenvalue weighted by molar-refractivity contribution is 0.203. The lowest BCUT2D eigenvalue weighted by Gasteiger charge is -2.28. The molecule has 4 nitrogen and oxygen atoms in total. The van der Waals surface area contributed by atoms with Crippen LogP contribution in [0, 0.1) is 6.92 Å². The quantitative estimate of drug-likeness (QED) is 0.792. The van der Waals surface area contributed by atoms with Crippen molar-refractivity contribution in [2.45, 2.75) is 26.8 Å². The van der Waals surface area contributed by atoms with Crippen LogP contribution in [0.2, 0.25) is 5.28 Å². The van der Waals surface area contributed by atoms with Gasteiger partial charge in [0.05, 0.1) is 12.0 Å². The topological polar surface area (TPSA) is 38.2 Å². The standard InChI is InChI=1S/C13H18ClN3OS/c1-8(2)17(5-6-18-4)11-10-7-9(3)19-12(10)16-13(14)15-11/h7-8H,5-6H2,1-4H3. The Morgan fingerprint density at radius 2 is 2.16 bits per heavy atom. The van der Waals surface area contributed by atoms with Crippen LogP contribution in [0.3, 0.4) is 0 Å². The molecule has 6 heteroatoms. The molecule has 104 valence electrons. The molecule has 0 saturated carbocycles. The molecule has 19 heavy (non-hydrogen) atoms. The van der Waals surface area contributed by atoms with E-state index in [4.69, 9.17) is 16.3 Å². The van der Waals surface area contributed by atoms with E-state index < -0.39 is 0 Å². The number of anilines is 1. The van der Waals surface area contributed by atoms with E-state index in [0.717, 1.165) is 22.6 Å². The van der Waals surface area contributed by atoms with Crippen LogP contribution in [0.4, 0.5) is 5.82 Å². The zero-order valence-electron chi connectivity index (χ0n) is 11.6. The molecule has 2 rings (SSSR count). The minimum Gasteiger partial charge on any atom is -0.383 e. The van der Waals surface area contributed by atoms with Crippen LogP contribution in [0.5, 0.6) is 0 Å². The van der Waals surface area contributed by atoms with Gasteiger partial charge in [-0.3, -0.25) is 0 Å². The zero-order chi connectivity index (χ0) is 14.0. The van der Waals surface area contributed by atoms with Crippen molar-refractivity contribution in [2.24, 2.45) is 0 Å². The Bertz CT molecular complexity index is 570. The minimum absolute atomic E-state index is 0.299. The summed E-state index contributed by atoms with van der Waals surface area (Å²) in [6, 6.07) is 2.44. The summed E-state index contributed by atoms with van der Waals surface area (Å²) in [5, 5.41) is 1.36. The Labute approximate surface area is 122 Å². The maximum atomic E-state index is 6.04. The van der Waals surface area contributed by atoms with Gasteiger partial charge in [-0.25, -0.2) is 4.98 Å². The van der Waals surface area contributed by atoms with Crippen LogP contribution in [0.15, 0.2) is 6.07 Å². The third kappa shape index (κ3) is 3.16. The second kappa shape index (κ2) is 6.03. The molecule has 0 radical (unpaired) electrons. The third-order valence-corrected chi connectivity index (χ3v) is 4.01. The van der Waals surface area contributed by atoms with Crippen LogP contribution < -0.4 is 4.90 Å². The SMILES string of the molecule is COCCN(c1nc(Cl)nc2sc(C)cc12)C(C)C. The van der Waals surface area contributed by atoms with E-state index in [2.05, 4.69) is 41.7 Å². The number of aromatic nitrogens is 2. The molecule has 0 aliphatic rings. The molecule has 0 spiro atoms. The molecule has 2 aromatic heterocycles. The van der Waals surface area contributed by atoms with E-state index in [1.165, 1.54) is 4.88 Å². The van der Waals surface area contributed by atoms with Gasteiger partial charge < -0.3 is 9.64 Å². The predicted molar refractivity (Wildman–Crippen MR) is 81.5 cm³/mol. The second-order valence-electron chi connectivity index (χ2n) is 4.67. The maximum absolute atomic E-state index is 6.04. The molecule has 0 aliphatic carbocycles. The summed E-state index contributed by atoms with van der Waals surface area (Å²) < 4.78 is 5.18. The predicted octanol–water partition coefficient (Wildman–Crippen LogP) is 3.51. The second-order valence-corrected chi connectivity index (χ2v) is 6.24. The number of aryl methyl sites for hydroxylation is 1. The molecular weight excluding hydrogens is 282 g/mol. The smallest absolute Gasteiger partial charge is 0.225 e. The number of thiophene rings is 1. The van der Waals surface area contributed by atoms with Gasteiger partial charge in [0.2, 0.25) is 5.28 Å². The fourth-order valence-corrected chi connectivity index (χ4v) is 3.11. The largest absolute Gasteiger partial charge is 0.383 e. The Balaban J connectivity index is 2.51. The van der Waals surface area contributed by atoms with E-state index in [1.807, 2.05) is 0 Å². The average Bonchev–Trinajstić information content (AvgIpc) is 2.69. The highest BCUT2D eigenvalue weighted by Gasteiger charge is 2.18. The normalized spacial score (nSPS) is 11.5. The van der Waals surface area contributed by atoms with Gasteiger partial charge in [-0.15, -0.1) is 11.3 Å². The van der Waals surface area contributed by atoms with Gasteiger partial charge in [-0.05, 0) is 38.4 Å². The summed E-state index contributed by atoms with van der Waals surface area (Å²) in [6.07, 6.45) is 0. The van der Waals surface area contributed by atoms with Gasteiger partial charge in [-0.1, -0.05) is 0 Å². The Hall–Kier alpha value is -0.910. The van der Waals surface area contributed by atoms with Crippen molar-refractivity contribution in [3.8, 4) is 0 Å². The van der Waals surface area contributed by atoms with Crippen molar-refractivity contribution in [2.75, 3.05) is 25.2 Å². The molecule has 2 aromatic rings. The Kier molecular flexibility index (Phi) is 4.60. The number of hydrogen-bond acceptors (Lipinski definition) is 5. The first kappa shape index (κ1) is 14.5. The van der Waals surface area contributed by atoms with E-state index in [-0.39, 0.29) is 0 Å². The van der Waals surface area contributed by atoms with Crippen molar-refractivity contribution >= 4 is 39.0 Å². The third-order valence-electron chi connectivity index (χ3n) is 2.90. The van der Waals surface area contributed by atoms with E-state index in [9.17, 15) is 0 Å². The number of halogens is 1. The molecule has 0 unspecified atom stereocenters. The van der Waals surface area contributed by atoms with Gasteiger partial charge in [0.15, 0.2) is 0 Å². The van der Waals surface area contributed by atoms with Gasteiger partial charge >= 0.3 is 0 Å². The van der Waals surface area contributed by atoms with Gasteiger partial charge in [-0.2, -0.15) is 4.98 Å². The molecule has 0 amide bonds. The molecule has 0 aliphatic heterocycles. The van der Waals surface area contributed by atoms with Crippen LogP contribution >= 0.6 is 22.9 Å². The fraction of sp³-hybridized carbons (Fsp3) is 0.538. The number of fused-ring (bicyclic) bond motifs is 1. The van der Waals surface area contributed by atoms with Crippen LogP contribution in [0.25, 0.3) is 10.2 Å². The molecule has 0 bridgehead atoms. The lowest BCUT2D eigenvalue weighted by Crippen LogP contribution is -2.34. The molecular formula is C13H18ClN3OS. The highest BCUT2D eigenvalue weighted by Crippen LogP contribution is 2.32. The summed E-state index contributed by atoms with van der Waals surface area (Å²) in [6.45, 7) is 7.78. The lowest BCUT2D eigenvalue weighted by atomic mass is 10.2. The minimum atomic E-state index is 0.299. The van der Waals surface area contributed by atoms with E-state index in [1.54, 1.807) is 18.4 Å². The molecule has 0 saturated heterocycles.